The van der Waals surface area contributed by atoms with Crippen LogP contribution in [-0.2, 0) is 0 Å². The molecule has 23 heavy (non-hydrogen) atoms. The third-order valence-electron chi connectivity index (χ3n) is 4.52. The zero-order chi connectivity index (χ0) is 15.6. The molecule has 1 aliphatic heterocycles. The average molecular weight is 297 g/mol. The molecular weight excluding hydrogens is 278 g/mol. The number of fused-ring (bicyclic) bond motifs is 1. The molecule has 0 spiro atoms. The van der Waals surface area contributed by atoms with Gasteiger partial charge in [-0.2, -0.15) is 0 Å². The van der Waals surface area contributed by atoms with Crippen molar-refractivity contribution in [2.75, 3.05) is 0 Å². The molecule has 1 heterocycles. The molecule has 3 aromatic carbocycles. The summed E-state index contributed by atoms with van der Waals surface area (Å²) < 4.78 is 0. The highest BCUT2D eigenvalue weighted by molar-refractivity contribution is 6.04. The predicted molar refractivity (Wildman–Crippen MR) is 96.7 cm³/mol. The Labute approximate surface area is 137 Å². The van der Waals surface area contributed by atoms with Crippen LogP contribution in [0.15, 0.2) is 83.9 Å². The summed E-state index contributed by atoms with van der Waals surface area (Å²) in [6, 6.07) is 27.9. The van der Waals surface area contributed by atoms with Crippen LogP contribution in [0.3, 0.4) is 0 Å². The van der Waals surface area contributed by atoms with Crippen LogP contribution in [0.25, 0.3) is 0 Å². The van der Waals surface area contributed by atoms with E-state index in [4.69, 9.17) is 4.99 Å². The van der Waals surface area contributed by atoms with E-state index in [9.17, 15) is 0 Å². The standard InChI is InChI=1S/C22H19N/c1-16-12-13-21-20(14-16)19(17-8-4-2-5-9-17)15-22(23-21)18-10-6-3-7-11-18/h2-14,19H,15H2,1H3. The predicted octanol–water partition coefficient (Wildman–Crippen LogP) is 5.65. The molecule has 0 saturated carbocycles. The molecule has 0 saturated heterocycles. The van der Waals surface area contributed by atoms with E-state index in [2.05, 4.69) is 85.8 Å². The van der Waals surface area contributed by atoms with Gasteiger partial charge in [0.05, 0.1) is 5.69 Å². The van der Waals surface area contributed by atoms with Crippen LogP contribution < -0.4 is 0 Å². The Hall–Kier alpha value is -2.67. The molecular formula is C22H19N. The number of hydrogen-bond donors (Lipinski definition) is 0. The summed E-state index contributed by atoms with van der Waals surface area (Å²) >= 11 is 0. The Bertz CT molecular complexity index is 848. The van der Waals surface area contributed by atoms with Crippen molar-refractivity contribution in [1.29, 1.82) is 0 Å². The van der Waals surface area contributed by atoms with Crippen molar-refractivity contribution in [3.05, 3.63) is 101 Å². The SMILES string of the molecule is Cc1ccc2c(c1)C(c1ccccc1)CC(c1ccccc1)=N2. The smallest absolute Gasteiger partial charge is 0.0671 e. The van der Waals surface area contributed by atoms with Gasteiger partial charge in [0.15, 0.2) is 0 Å². The third-order valence-corrected chi connectivity index (χ3v) is 4.52. The zero-order valence-electron chi connectivity index (χ0n) is 13.2. The van der Waals surface area contributed by atoms with Gasteiger partial charge in [-0.05, 0) is 29.7 Å². The zero-order valence-corrected chi connectivity index (χ0v) is 13.2. The molecule has 1 atom stereocenters. The van der Waals surface area contributed by atoms with Crippen molar-refractivity contribution in [2.45, 2.75) is 19.3 Å². The summed E-state index contributed by atoms with van der Waals surface area (Å²) in [5, 5.41) is 0. The second-order valence-electron chi connectivity index (χ2n) is 6.15. The van der Waals surface area contributed by atoms with E-state index in [1.165, 1.54) is 28.0 Å². The number of benzene rings is 3. The fourth-order valence-electron chi connectivity index (χ4n) is 3.34. The monoisotopic (exact) mass is 297 g/mol. The summed E-state index contributed by atoms with van der Waals surface area (Å²) in [4.78, 5) is 4.95. The number of nitrogens with zero attached hydrogens (tertiary/aromatic N) is 1. The van der Waals surface area contributed by atoms with E-state index >= 15 is 0 Å². The number of aryl methyl sites for hydroxylation is 1. The van der Waals surface area contributed by atoms with Gasteiger partial charge in [-0.3, -0.25) is 4.99 Å². The van der Waals surface area contributed by atoms with Crippen LogP contribution in [0.2, 0.25) is 0 Å². The minimum Gasteiger partial charge on any atom is -0.253 e. The molecule has 0 aromatic heterocycles. The molecule has 0 aliphatic carbocycles. The highest BCUT2D eigenvalue weighted by Crippen LogP contribution is 2.40. The van der Waals surface area contributed by atoms with Gasteiger partial charge in [-0.15, -0.1) is 0 Å². The van der Waals surface area contributed by atoms with E-state index in [0.29, 0.717) is 5.92 Å². The van der Waals surface area contributed by atoms with E-state index in [0.717, 1.165) is 12.1 Å². The van der Waals surface area contributed by atoms with E-state index in [1.807, 2.05) is 0 Å². The Kier molecular flexibility index (Phi) is 3.55. The van der Waals surface area contributed by atoms with Gasteiger partial charge in [-0.25, -0.2) is 0 Å². The van der Waals surface area contributed by atoms with Crippen molar-refractivity contribution >= 4 is 11.4 Å². The van der Waals surface area contributed by atoms with Crippen molar-refractivity contribution in [3.8, 4) is 0 Å². The van der Waals surface area contributed by atoms with Gasteiger partial charge in [0.1, 0.15) is 0 Å². The van der Waals surface area contributed by atoms with Gasteiger partial charge in [-0.1, -0.05) is 78.4 Å². The molecule has 0 N–H and O–H groups in total. The Morgan fingerprint density at radius 1 is 0.826 bits per heavy atom. The summed E-state index contributed by atoms with van der Waals surface area (Å²) in [5.74, 6) is 0.374. The van der Waals surface area contributed by atoms with Crippen molar-refractivity contribution in [1.82, 2.24) is 0 Å². The molecule has 3 aromatic rings. The first-order valence-corrected chi connectivity index (χ1v) is 8.10. The Morgan fingerprint density at radius 2 is 1.52 bits per heavy atom. The van der Waals surface area contributed by atoms with Crippen LogP contribution in [-0.4, -0.2) is 5.71 Å². The maximum Gasteiger partial charge on any atom is 0.0671 e. The minimum absolute atomic E-state index is 0.374. The molecule has 112 valence electrons. The van der Waals surface area contributed by atoms with Crippen LogP contribution in [0, 0.1) is 6.92 Å². The molecule has 4 rings (SSSR count). The first-order valence-electron chi connectivity index (χ1n) is 8.10. The average Bonchev–Trinajstić information content (AvgIpc) is 2.62. The quantitative estimate of drug-likeness (QED) is 0.579. The van der Waals surface area contributed by atoms with Crippen molar-refractivity contribution in [2.24, 2.45) is 4.99 Å². The lowest BCUT2D eigenvalue weighted by molar-refractivity contribution is 0.838. The van der Waals surface area contributed by atoms with E-state index < -0.39 is 0 Å². The molecule has 0 fully saturated rings. The number of hydrogen-bond acceptors (Lipinski definition) is 1. The second-order valence-corrected chi connectivity index (χ2v) is 6.15. The van der Waals surface area contributed by atoms with Crippen molar-refractivity contribution < 1.29 is 0 Å². The summed E-state index contributed by atoms with van der Waals surface area (Å²) in [6.07, 6.45) is 0.949. The molecule has 1 nitrogen and oxygen atoms in total. The molecule has 0 bridgehead atoms. The maximum absolute atomic E-state index is 4.95. The summed E-state index contributed by atoms with van der Waals surface area (Å²) in [5.41, 5.74) is 7.51. The molecule has 1 aliphatic rings. The van der Waals surface area contributed by atoms with Gasteiger partial charge in [0.25, 0.3) is 0 Å². The summed E-state index contributed by atoms with van der Waals surface area (Å²) in [6.45, 7) is 2.15. The summed E-state index contributed by atoms with van der Waals surface area (Å²) in [7, 11) is 0. The third kappa shape index (κ3) is 2.70. The van der Waals surface area contributed by atoms with Gasteiger partial charge in [0, 0.05) is 18.1 Å². The minimum atomic E-state index is 0.374. The molecule has 0 radical (unpaired) electrons. The van der Waals surface area contributed by atoms with Gasteiger partial charge in [0.2, 0.25) is 0 Å². The largest absolute Gasteiger partial charge is 0.253 e. The fraction of sp³-hybridized carbons (Fsp3) is 0.136. The van der Waals surface area contributed by atoms with Gasteiger partial charge < -0.3 is 0 Å². The molecule has 1 heteroatoms. The van der Waals surface area contributed by atoms with E-state index in [-0.39, 0.29) is 0 Å². The number of aliphatic imine (C=N–C) groups is 1. The van der Waals surface area contributed by atoms with Crippen LogP contribution in [0.1, 0.15) is 34.6 Å². The number of rotatable bonds is 2. The first-order chi connectivity index (χ1) is 11.3. The van der Waals surface area contributed by atoms with Crippen LogP contribution in [0.5, 0.6) is 0 Å². The Morgan fingerprint density at radius 3 is 2.26 bits per heavy atom. The highest BCUT2D eigenvalue weighted by Gasteiger charge is 2.24. The van der Waals surface area contributed by atoms with E-state index in [1.54, 1.807) is 0 Å². The maximum atomic E-state index is 4.95. The van der Waals surface area contributed by atoms with Crippen LogP contribution >= 0.6 is 0 Å². The van der Waals surface area contributed by atoms with Gasteiger partial charge >= 0.3 is 0 Å². The highest BCUT2D eigenvalue weighted by atomic mass is 14.8. The first kappa shape index (κ1) is 14.0. The lowest BCUT2D eigenvalue weighted by atomic mass is 9.82. The van der Waals surface area contributed by atoms with Crippen LogP contribution in [0.4, 0.5) is 5.69 Å². The second kappa shape index (κ2) is 5.85. The fourth-order valence-corrected chi connectivity index (χ4v) is 3.34. The normalized spacial score (nSPS) is 16.6. The Balaban J connectivity index is 1.86. The lowest BCUT2D eigenvalue weighted by Gasteiger charge is -2.26. The molecule has 0 amide bonds. The topological polar surface area (TPSA) is 12.4 Å². The molecule has 1 unspecified atom stereocenters. The lowest BCUT2D eigenvalue weighted by Crippen LogP contribution is -2.14. The van der Waals surface area contributed by atoms with Crippen molar-refractivity contribution in [3.63, 3.8) is 0 Å².